The van der Waals surface area contributed by atoms with Crippen molar-refractivity contribution < 1.29 is 8.68 Å². The van der Waals surface area contributed by atoms with Crippen molar-refractivity contribution in [2.24, 2.45) is 7.05 Å². The minimum atomic E-state index is -2.14. The van der Waals surface area contributed by atoms with E-state index < -0.39 is 6.85 Å². The van der Waals surface area contributed by atoms with Gasteiger partial charge in [-0.15, -0.1) is 0 Å². The van der Waals surface area contributed by atoms with Gasteiger partial charge in [0, 0.05) is 45.8 Å². The standard InChI is InChI=1S/C22H23N2/c1-14-12-19-18(16-9-7-11-23-21(16)22(19,3)4)13-17(14)20-10-6-8-15(2)24(20)5/h6-13H,1-5H3/q+1/i2D3. The highest BCUT2D eigenvalue weighted by atomic mass is 14.9. The quantitative estimate of drug-likeness (QED) is 0.604. The number of aromatic nitrogens is 2. The van der Waals surface area contributed by atoms with Gasteiger partial charge in [-0.1, -0.05) is 26.0 Å². The number of hydrogen-bond donors (Lipinski definition) is 0. The monoisotopic (exact) mass is 318 g/mol. The Kier molecular flexibility index (Phi) is 2.50. The van der Waals surface area contributed by atoms with Crippen molar-refractivity contribution in [3.63, 3.8) is 0 Å². The Hall–Kier alpha value is -2.48. The van der Waals surface area contributed by atoms with E-state index in [-0.39, 0.29) is 5.41 Å². The van der Waals surface area contributed by atoms with Crippen LogP contribution in [0.5, 0.6) is 0 Å². The van der Waals surface area contributed by atoms with Crippen LogP contribution in [0.15, 0.2) is 48.7 Å². The molecule has 2 nitrogen and oxygen atoms in total. The lowest BCUT2D eigenvalue weighted by Gasteiger charge is -2.21. The zero-order chi connectivity index (χ0) is 19.6. The van der Waals surface area contributed by atoms with Gasteiger partial charge in [0.15, 0.2) is 5.69 Å². The van der Waals surface area contributed by atoms with Gasteiger partial charge in [0.2, 0.25) is 5.69 Å². The molecule has 0 fully saturated rings. The van der Waals surface area contributed by atoms with Crippen molar-refractivity contribution in [2.45, 2.75) is 33.0 Å². The lowest BCUT2D eigenvalue weighted by atomic mass is 9.83. The molecular formula is C22H23N2+. The summed E-state index contributed by atoms with van der Waals surface area (Å²) in [5.74, 6) is 0. The van der Waals surface area contributed by atoms with Gasteiger partial charge in [0.05, 0.1) is 5.69 Å². The van der Waals surface area contributed by atoms with Crippen molar-refractivity contribution in [3.8, 4) is 22.4 Å². The van der Waals surface area contributed by atoms with E-state index in [4.69, 9.17) is 4.11 Å². The molecule has 1 aromatic carbocycles. The molecule has 0 N–H and O–H groups in total. The molecule has 4 rings (SSSR count). The Labute approximate surface area is 148 Å². The Bertz CT molecular complexity index is 1070. The molecule has 0 spiro atoms. The zero-order valence-corrected chi connectivity index (χ0v) is 14.5. The second-order valence-corrected chi connectivity index (χ2v) is 7.09. The van der Waals surface area contributed by atoms with Crippen LogP contribution in [-0.2, 0) is 12.5 Å². The van der Waals surface area contributed by atoms with Crippen LogP contribution < -0.4 is 4.57 Å². The SMILES string of the molecule is [2H]C([2H])([2H])c1cccc(-c2cc3c(cc2C)C(C)(C)c2ncccc2-3)[n+]1C. The first-order valence-electron chi connectivity index (χ1n) is 9.73. The summed E-state index contributed by atoms with van der Waals surface area (Å²) in [4.78, 5) is 4.64. The van der Waals surface area contributed by atoms with Gasteiger partial charge in [-0.05, 0) is 41.8 Å². The molecule has 1 aliphatic rings. The number of fused-ring (bicyclic) bond motifs is 3. The van der Waals surface area contributed by atoms with Crippen LogP contribution >= 0.6 is 0 Å². The topological polar surface area (TPSA) is 16.8 Å². The molecule has 24 heavy (non-hydrogen) atoms. The molecule has 0 amide bonds. The number of pyridine rings is 2. The lowest BCUT2D eigenvalue weighted by molar-refractivity contribution is -0.666. The highest BCUT2D eigenvalue weighted by Crippen LogP contribution is 2.49. The van der Waals surface area contributed by atoms with Crippen LogP contribution in [0.2, 0.25) is 0 Å². The van der Waals surface area contributed by atoms with Gasteiger partial charge < -0.3 is 0 Å². The van der Waals surface area contributed by atoms with Gasteiger partial charge in [0.1, 0.15) is 7.05 Å². The van der Waals surface area contributed by atoms with Gasteiger partial charge in [-0.2, -0.15) is 4.57 Å². The molecule has 120 valence electrons. The Morgan fingerprint density at radius 1 is 1.04 bits per heavy atom. The highest BCUT2D eigenvalue weighted by Gasteiger charge is 2.37. The molecule has 2 aromatic heterocycles. The molecule has 0 unspecified atom stereocenters. The third-order valence-corrected chi connectivity index (χ3v) is 5.23. The molecule has 0 saturated heterocycles. The normalized spacial score (nSPS) is 16.8. The summed E-state index contributed by atoms with van der Waals surface area (Å²) in [6.45, 7) is 4.36. The largest absolute Gasteiger partial charge is 0.260 e. The van der Waals surface area contributed by atoms with E-state index in [0.29, 0.717) is 5.69 Å². The van der Waals surface area contributed by atoms with Gasteiger partial charge in [-0.3, -0.25) is 4.98 Å². The molecule has 0 bridgehead atoms. The predicted octanol–water partition coefficient (Wildman–Crippen LogP) is 4.50. The van der Waals surface area contributed by atoms with Crippen molar-refractivity contribution >= 4 is 0 Å². The summed E-state index contributed by atoms with van der Waals surface area (Å²) < 4.78 is 25.2. The van der Waals surface area contributed by atoms with Crippen molar-refractivity contribution in [2.75, 3.05) is 0 Å². The van der Waals surface area contributed by atoms with E-state index in [1.54, 1.807) is 10.6 Å². The van der Waals surface area contributed by atoms with Crippen LogP contribution in [0.1, 0.15) is 40.5 Å². The fraction of sp³-hybridized carbons (Fsp3) is 0.273. The Morgan fingerprint density at radius 3 is 2.67 bits per heavy atom. The van der Waals surface area contributed by atoms with Crippen LogP contribution in [0.3, 0.4) is 0 Å². The minimum absolute atomic E-state index is 0.141. The first kappa shape index (κ1) is 12.0. The Morgan fingerprint density at radius 2 is 1.88 bits per heavy atom. The average Bonchev–Trinajstić information content (AvgIpc) is 2.82. The number of hydrogen-bond acceptors (Lipinski definition) is 1. The van der Waals surface area contributed by atoms with Crippen molar-refractivity contribution in [1.82, 2.24) is 4.98 Å². The first-order chi connectivity index (χ1) is 12.6. The summed E-state index contributed by atoms with van der Waals surface area (Å²) in [7, 11) is 1.82. The molecule has 0 radical (unpaired) electrons. The number of rotatable bonds is 1. The Balaban J connectivity index is 1.98. The van der Waals surface area contributed by atoms with Gasteiger partial charge >= 0.3 is 0 Å². The first-order valence-corrected chi connectivity index (χ1v) is 8.23. The fourth-order valence-electron chi connectivity index (χ4n) is 3.83. The smallest absolute Gasteiger partial charge is 0.212 e. The maximum absolute atomic E-state index is 7.80. The molecular weight excluding hydrogens is 292 g/mol. The summed E-state index contributed by atoms with van der Waals surface area (Å²) >= 11 is 0. The lowest BCUT2D eigenvalue weighted by Crippen LogP contribution is -2.34. The third kappa shape index (κ3) is 1.96. The molecule has 2 heterocycles. The molecule has 3 aromatic rings. The molecule has 0 aliphatic heterocycles. The molecule has 0 atom stereocenters. The number of aryl methyl sites for hydroxylation is 2. The second-order valence-electron chi connectivity index (χ2n) is 7.09. The van der Waals surface area contributed by atoms with E-state index in [1.165, 1.54) is 11.1 Å². The second kappa shape index (κ2) is 5.01. The van der Waals surface area contributed by atoms with E-state index >= 15 is 0 Å². The van der Waals surface area contributed by atoms with Crippen molar-refractivity contribution in [3.05, 3.63) is 71.2 Å². The van der Waals surface area contributed by atoms with E-state index in [0.717, 1.165) is 28.1 Å². The highest BCUT2D eigenvalue weighted by molar-refractivity contribution is 5.83. The van der Waals surface area contributed by atoms with Crippen molar-refractivity contribution in [1.29, 1.82) is 0 Å². The number of benzene rings is 1. The van der Waals surface area contributed by atoms with Gasteiger partial charge in [-0.25, -0.2) is 0 Å². The van der Waals surface area contributed by atoms with E-state index in [9.17, 15) is 0 Å². The third-order valence-electron chi connectivity index (χ3n) is 5.23. The summed E-state index contributed by atoms with van der Waals surface area (Å²) in [6.07, 6.45) is 1.85. The van der Waals surface area contributed by atoms with Gasteiger partial charge in [0.25, 0.3) is 0 Å². The fourth-order valence-corrected chi connectivity index (χ4v) is 3.83. The van der Waals surface area contributed by atoms with E-state index in [2.05, 4.69) is 44.0 Å². The van der Waals surface area contributed by atoms with E-state index in [1.807, 2.05) is 31.4 Å². The molecule has 0 saturated carbocycles. The molecule has 1 aliphatic carbocycles. The molecule has 2 heteroatoms. The average molecular weight is 318 g/mol. The van der Waals surface area contributed by atoms with Crippen LogP contribution in [0.25, 0.3) is 22.4 Å². The van der Waals surface area contributed by atoms with Crippen LogP contribution in [-0.4, -0.2) is 4.98 Å². The maximum Gasteiger partial charge on any atom is 0.212 e. The summed E-state index contributed by atoms with van der Waals surface area (Å²) in [6, 6.07) is 14.0. The summed E-state index contributed by atoms with van der Waals surface area (Å²) in [5, 5.41) is 0. The van der Waals surface area contributed by atoms with Crippen LogP contribution in [0, 0.1) is 13.8 Å². The predicted molar refractivity (Wildman–Crippen MR) is 97.9 cm³/mol. The zero-order valence-electron chi connectivity index (χ0n) is 17.5. The minimum Gasteiger partial charge on any atom is -0.260 e. The number of nitrogens with zero attached hydrogens (tertiary/aromatic N) is 2. The maximum atomic E-state index is 7.80. The summed E-state index contributed by atoms with van der Waals surface area (Å²) in [5.41, 5.74) is 7.99. The van der Waals surface area contributed by atoms with Crippen LogP contribution in [0.4, 0.5) is 0 Å².